The Bertz CT molecular complexity index is 4620. The van der Waals surface area contributed by atoms with Gasteiger partial charge in [-0.1, -0.05) is 139 Å². The minimum absolute atomic E-state index is 0.0602. The lowest BCUT2D eigenvalue weighted by atomic mass is 9.84. The molecule has 67 heavy (non-hydrogen) atoms. The van der Waals surface area contributed by atoms with Gasteiger partial charge in [0.1, 0.15) is 5.65 Å². The van der Waals surface area contributed by atoms with Crippen LogP contribution in [0.25, 0.3) is 137 Å². The molecule has 6 heterocycles. The van der Waals surface area contributed by atoms with Gasteiger partial charge < -0.3 is 8.97 Å². The van der Waals surface area contributed by atoms with E-state index in [4.69, 9.17) is 4.98 Å². The van der Waals surface area contributed by atoms with Gasteiger partial charge in [-0.25, -0.2) is 4.98 Å². The maximum absolute atomic E-state index is 5.98. The first-order valence-corrected chi connectivity index (χ1v) is 23.7. The standard InChI is InChI=1S/C63H46N4/c1-62(2,3)38-30-44(37-25-26-52-45(28-37)43-22-14-15-23-51(43)65(52)40-18-8-7-9-19-40)58-47(31-38)46-29-36-17-11-13-21-42(36)56-49-34-54-57(64-61(49)67(58)60(46)56)50-33-39(63(4,5)6)32-48-55-41-20-12-10-16-35(41)24-27-53(55)66(54)59(48)50/h7-34H,1-6H3. The average molecular weight is 859 g/mol. The van der Waals surface area contributed by atoms with Crippen LogP contribution in [0.1, 0.15) is 52.7 Å². The van der Waals surface area contributed by atoms with E-state index in [2.05, 4.69) is 225 Å². The van der Waals surface area contributed by atoms with Gasteiger partial charge in [0.15, 0.2) is 0 Å². The maximum Gasteiger partial charge on any atom is 0.146 e. The molecule has 318 valence electrons. The Morgan fingerprint density at radius 1 is 0.373 bits per heavy atom. The van der Waals surface area contributed by atoms with Crippen LogP contribution in [0.4, 0.5) is 0 Å². The van der Waals surface area contributed by atoms with Crippen LogP contribution in [0.5, 0.6) is 0 Å². The first-order valence-electron chi connectivity index (χ1n) is 23.7. The quantitative estimate of drug-likeness (QED) is 0.170. The van der Waals surface area contributed by atoms with Crippen molar-refractivity contribution in [1.82, 2.24) is 18.4 Å². The summed E-state index contributed by atoms with van der Waals surface area (Å²) in [5, 5.41) is 16.4. The number of hydrogen-bond donors (Lipinski definition) is 0. The highest BCUT2D eigenvalue weighted by Crippen LogP contribution is 2.50. The van der Waals surface area contributed by atoms with Crippen LogP contribution < -0.4 is 0 Å². The molecule has 0 radical (unpaired) electrons. The zero-order valence-electron chi connectivity index (χ0n) is 38.5. The van der Waals surface area contributed by atoms with Crippen molar-refractivity contribution >= 4 is 120 Å². The van der Waals surface area contributed by atoms with E-state index in [9.17, 15) is 0 Å². The van der Waals surface area contributed by atoms with Gasteiger partial charge >= 0.3 is 0 Å². The summed E-state index contributed by atoms with van der Waals surface area (Å²) in [7, 11) is 0. The SMILES string of the molecule is CC(C)(C)c1cc(-c2ccc3c(c2)c2ccccc2n3-c2ccccc2)c2c(c1)c1cc3ccccc3c3c4cc5c(nc4n2c13)c1cc(C(C)(C)C)cc2c3c4ccccc4ccc3n5c12. The fourth-order valence-electron chi connectivity index (χ4n) is 12.1. The van der Waals surface area contributed by atoms with E-state index in [0.717, 1.165) is 22.4 Å². The largest absolute Gasteiger partial charge is 0.309 e. The minimum atomic E-state index is -0.0867. The molecular weight excluding hydrogens is 813 g/mol. The molecule has 4 heteroatoms. The van der Waals surface area contributed by atoms with Crippen LogP contribution in [0.2, 0.25) is 0 Å². The number of nitrogens with zero attached hydrogens (tertiary/aromatic N) is 4. The molecule has 0 unspecified atom stereocenters. The molecule has 0 fully saturated rings. The Kier molecular flexibility index (Phi) is 6.94. The number of rotatable bonds is 2. The summed E-state index contributed by atoms with van der Waals surface area (Å²) < 4.78 is 7.48. The summed E-state index contributed by atoms with van der Waals surface area (Å²) in [4.78, 5) is 5.98. The molecule has 4 nitrogen and oxygen atoms in total. The van der Waals surface area contributed by atoms with Crippen LogP contribution >= 0.6 is 0 Å². The van der Waals surface area contributed by atoms with Crippen LogP contribution in [0, 0.1) is 0 Å². The molecule has 0 saturated heterocycles. The molecule has 9 aromatic carbocycles. The van der Waals surface area contributed by atoms with Crippen molar-refractivity contribution in [2.75, 3.05) is 0 Å². The summed E-state index contributed by atoms with van der Waals surface area (Å²) in [6.45, 7) is 14.0. The Morgan fingerprint density at radius 2 is 1.00 bits per heavy atom. The molecule has 0 N–H and O–H groups in total. The number of para-hydroxylation sites is 2. The average Bonchev–Trinajstić information content (AvgIpc) is 4.12. The summed E-state index contributed by atoms with van der Waals surface area (Å²) in [5.41, 5.74) is 16.6. The monoisotopic (exact) mass is 858 g/mol. The first-order chi connectivity index (χ1) is 32.5. The van der Waals surface area contributed by atoms with E-state index in [1.54, 1.807) is 0 Å². The van der Waals surface area contributed by atoms with E-state index in [1.807, 2.05) is 0 Å². The summed E-state index contributed by atoms with van der Waals surface area (Å²) in [6, 6.07) is 64.0. The second-order valence-corrected chi connectivity index (χ2v) is 21.2. The summed E-state index contributed by atoms with van der Waals surface area (Å²) in [6.07, 6.45) is 0. The Labute approximate surface area is 386 Å². The van der Waals surface area contributed by atoms with Crippen molar-refractivity contribution < 1.29 is 0 Å². The highest BCUT2D eigenvalue weighted by atomic mass is 15.0. The van der Waals surface area contributed by atoms with Gasteiger partial charge in [0.05, 0.1) is 44.1 Å². The molecule has 0 amide bonds. The second-order valence-electron chi connectivity index (χ2n) is 21.2. The van der Waals surface area contributed by atoms with Gasteiger partial charge in [-0.15, -0.1) is 0 Å². The lowest BCUT2D eigenvalue weighted by Gasteiger charge is -2.21. The number of aromatic nitrogens is 4. The molecule has 15 rings (SSSR count). The zero-order valence-corrected chi connectivity index (χ0v) is 38.5. The summed E-state index contributed by atoms with van der Waals surface area (Å²) >= 11 is 0. The third-order valence-corrected chi connectivity index (χ3v) is 15.3. The molecule has 0 aliphatic carbocycles. The third kappa shape index (κ3) is 4.79. The molecule has 0 spiro atoms. The number of hydrogen-bond acceptors (Lipinski definition) is 1. The smallest absolute Gasteiger partial charge is 0.146 e. The second kappa shape index (κ2) is 12.5. The van der Waals surface area contributed by atoms with E-state index in [0.29, 0.717) is 0 Å². The fourth-order valence-corrected chi connectivity index (χ4v) is 12.1. The lowest BCUT2D eigenvalue weighted by molar-refractivity contribution is 0.591. The normalized spacial score (nSPS) is 13.2. The topological polar surface area (TPSA) is 26.6 Å². The Morgan fingerprint density at radius 3 is 1.79 bits per heavy atom. The van der Waals surface area contributed by atoms with Crippen molar-refractivity contribution in [3.05, 3.63) is 181 Å². The molecular formula is C63H46N4. The molecule has 0 saturated carbocycles. The van der Waals surface area contributed by atoms with Crippen molar-refractivity contribution in [1.29, 1.82) is 0 Å². The third-order valence-electron chi connectivity index (χ3n) is 15.3. The fraction of sp³-hybridized carbons (Fsp3) is 0.127. The van der Waals surface area contributed by atoms with Gasteiger partial charge in [-0.2, -0.15) is 0 Å². The minimum Gasteiger partial charge on any atom is -0.309 e. The van der Waals surface area contributed by atoms with Gasteiger partial charge in [-0.3, -0.25) is 4.40 Å². The van der Waals surface area contributed by atoms with Crippen molar-refractivity contribution in [2.24, 2.45) is 0 Å². The first kappa shape index (κ1) is 37.3. The van der Waals surface area contributed by atoms with E-state index < -0.39 is 0 Å². The molecule has 6 aromatic heterocycles. The van der Waals surface area contributed by atoms with Crippen molar-refractivity contribution in [3.8, 4) is 16.8 Å². The highest BCUT2D eigenvalue weighted by molar-refractivity contribution is 6.34. The highest BCUT2D eigenvalue weighted by Gasteiger charge is 2.29. The molecule has 0 atom stereocenters. The molecule has 15 aromatic rings. The molecule has 0 aliphatic rings. The number of benzene rings is 9. The van der Waals surface area contributed by atoms with Crippen molar-refractivity contribution in [2.45, 2.75) is 52.4 Å². The van der Waals surface area contributed by atoms with Crippen LogP contribution in [-0.4, -0.2) is 18.4 Å². The Hall–Kier alpha value is -7.95. The van der Waals surface area contributed by atoms with Crippen LogP contribution in [0.15, 0.2) is 170 Å². The van der Waals surface area contributed by atoms with Gasteiger partial charge in [0.25, 0.3) is 0 Å². The number of pyridine rings is 1. The van der Waals surface area contributed by atoms with E-state index in [-0.39, 0.29) is 10.8 Å². The molecule has 0 aliphatic heterocycles. The van der Waals surface area contributed by atoms with E-state index >= 15 is 0 Å². The summed E-state index contributed by atoms with van der Waals surface area (Å²) in [5.74, 6) is 0. The Balaban J connectivity index is 1.13. The molecule has 0 bridgehead atoms. The predicted octanol–water partition coefficient (Wildman–Crippen LogP) is 17.0. The van der Waals surface area contributed by atoms with E-state index in [1.165, 1.54) is 125 Å². The van der Waals surface area contributed by atoms with Crippen molar-refractivity contribution in [3.63, 3.8) is 0 Å². The van der Waals surface area contributed by atoms with Crippen LogP contribution in [-0.2, 0) is 10.8 Å². The predicted molar refractivity (Wildman–Crippen MR) is 286 cm³/mol. The van der Waals surface area contributed by atoms with Gasteiger partial charge in [0, 0.05) is 59.7 Å². The van der Waals surface area contributed by atoms with Gasteiger partial charge in [-0.05, 0) is 122 Å². The number of fused-ring (bicyclic) bond motifs is 19. The maximum atomic E-state index is 5.98. The van der Waals surface area contributed by atoms with Gasteiger partial charge in [0.2, 0.25) is 0 Å². The lowest BCUT2D eigenvalue weighted by Crippen LogP contribution is -2.11. The zero-order chi connectivity index (χ0) is 44.8. The van der Waals surface area contributed by atoms with Crippen LogP contribution in [0.3, 0.4) is 0 Å².